The van der Waals surface area contributed by atoms with Gasteiger partial charge in [0.15, 0.2) is 0 Å². The Morgan fingerprint density at radius 3 is 2.79 bits per heavy atom. The van der Waals surface area contributed by atoms with Gasteiger partial charge in [-0.2, -0.15) is 5.10 Å². The highest BCUT2D eigenvalue weighted by molar-refractivity contribution is 5.78. The Labute approximate surface area is 114 Å². The van der Waals surface area contributed by atoms with Gasteiger partial charge in [0.25, 0.3) is 0 Å². The molecule has 5 heteroatoms. The second-order valence-electron chi connectivity index (χ2n) is 5.18. The molecule has 1 aliphatic carbocycles. The molecule has 0 aromatic carbocycles. The van der Waals surface area contributed by atoms with E-state index in [1.165, 1.54) is 12.8 Å². The summed E-state index contributed by atoms with van der Waals surface area (Å²) in [5.74, 6) is -0.203. The average Bonchev–Trinajstić information content (AvgIpc) is 2.96. The molecule has 0 spiro atoms. The summed E-state index contributed by atoms with van der Waals surface area (Å²) < 4.78 is 6.94. The molecule has 0 saturated heterocycles. The summed E-state index contributed by atoms with van der Waals surface area (Å²) in [6.45, 7) is 4.17. The average molecular weight is 265 g/mol. The number of esters is 1. The Kier molecular flexibility index (Phi) is 4.58. The van der Waals surface area contributed by atoms with E-state index in [2.05, 4.69) is 10.4 Å². The standard InChI is InChI=1S/C14H23N3O2/c1-4-19-14(18)13(15-11-7-5-6-8-11)12-9-17(3)16-10(12)2/h9,11,13,15H,4-8H2,1-3H3. The number of carbonyl (C=O) groups excluding carboxylic acids is 1. The Bertz CT molecular complexity index is 436. The molecule has 1 heterocycles. The summed E-state index contributed by atoms with van der Waals surface area (Å²) in [7, 11) is 1.87. The number of hydrogen-bond acceptors (Lipinski definition) is 4. The monoisotopic (exact) mass is 265 g/mol. The van der Waals surface area contributed by atoms with Gasteiger partial charge < -0.3 is 4.74 Å². The molecule has 0 radical (unpaired) electrons. The molecule has 1 aliphatic rings. The molecule has 0 bridgehead atoms. The van der Waals surface area contributed by atoms with Crippen molar-refractivity contribution in [3.05, 3.63) is 17.5 Å². The number of hydrogen-bond donors (Lipinski definition) is 1. The SMILES string of the molecule is CCOC(=O)C(NC1CCCC1)c1cn(C)nc1C. The van der Waals surface area contributed by atoms with Crippen molar-refractivity contribution in [1.82, 2.24) is 15.1 Å². The normalized spacial score (nSPS) is 17.6. The number of nitrogens with zero attached hydrogens (tertiary/aromatic N) is 2. The van der Waals surface area contributed by atoms with Crippen molar-refractivity contribution in [2.24, 2.45) is 7.05 Å². The van der Waals surface area contributed by atoms with Crippen LogP contribution >= 0.6 is 0 Å². The molecule has 1 saturated carbocycles. The minimum absolute atomic E-state index is 0.203. The van der Waals surface area contributed by atoms with Gasteiger partial charge in [-0.15, -0.1) is 0 Å². The summed E-state index contributed by atoms with van der Waals surface area (Å²) in [5.41, 5.74) is 1.80. The molecule has 1 aromatic rings. The zero-order valence-electron chi connectivity index (χ0n) is 12.0. The van der Waals surface area contributed by atoms with Crippen LogP contribution in [-0.2, 0) is 16.6 Å². The van der Waals surface area contributed by atoms with E-state index in [-0.39, 0.29) is 5.97 Å². The minimum Gasteiger partial charge on any atom is -0.465 e. The number of carbonyl (C=O) groups is 1. The first-order valence-corrected chi connectivity index (χ1v) is 7.04. The fourth-order valence-corrected chi connectivity index (χ4v) is 2.74. The van der Waals surface area contributed by atoms with E-state index in [1.807, 2.05) is 27.1 Å². The highest BCUT2D eigenvalue weighted by Gasteiger charge is 2.29. The predicted octanol–water partition coefficient (Wildman–Crippen LogP) is 1.86. The molecule has 19 heavy (non-hydrogen) atoms. The smallest absolute Gasteiger partial charge is 0.327 e. The summed E-state index contributed by atoms with van der Waals surface area (Å²) in [6, 6.07) is 0.0192. The van der Waals surface area contributed by atoms with Gasteiger partial charge in [-0.1, -0.05) is 12.8 Å². The van der Waals surface area contributed by atoms with E-state index >= 15 is 0 Å². The van der Waals surface area contributed by atoms with Crippen LogP contribution in [-0.4, -0.2) is 28.4 Å². The Hall–Kier alpha value is -1.36. The molecule has 0 aliphatic heterocycles. The van der Waals surface area contributed by atoms with Crippen molar-refractivity contribution in [2.45, 2.75) is 51.6 Å². The first kappa shape index (κ1) is 14.1. The van der Waals surface area contributed by atoms with Crippen molar-refractivity contribution < 1.29 is 9.53 Å². The second-order valence-corrected chi connectivity index (χ2v) is 5.18. The van der Waals surface area contributed by atoms with Crippen LogP contribution in [0.25, 0.3) is 0 Å². The lowest BCUT2D eigenvalue weighted by atomic mass is 10.1. The maximum absolute atomic E-state index is 12.2. The van der Waals surface area contributed by atoms with Gasteiger partial charge in [0.2, 0.25) is 0 Å². The summed E-state index contributed by atoms with van der Waals surface area (Å²) >= 11 is 0. The van der Waals surface area contributed by atoms with E-state index in [4.69, 9.17) is 4.74 Å². The molecule has 1 atom stereocenters. The maximum atomic E-state index is 12.2. The fourth-order valence-electron chi connectivity index (χ4n) is 2.74. The van der Waals surface area contributed by atoms with Gasteiger partial charge in [-0.3, -0.25) is 10.00 Å². The van der Waals surface area contributed by atoms with Crippen molar-refractivity contribution in [3.63, 3.8) is 0 Å². The topological polar surface area (TPSA) is 56.1 Å². The van der Waals surface area contributed by atoms with Crippen LogP contribution in [0.3, 0.4) is 0 Å². The first-order valence-electron chi connectivity index (χ1n) is 7.04. The van der Waals surface area contributed by atoms with Crippen LogP contribution in [0.1, 0.15) is 49.9 Å². The molecule has 1 fully saturated rings. The second kappa shape index (κ2) is 6.19. The fraction of sp³-hybridized carbons (Fsp3) is 0.714. The van der Waals surface area contributed by atoms with E-state index in [1.54, 1.807) is 4.68 Å². The van der Waals surface area contributed by atoms with Gasteiger partial charge in [0.1, 0.15) is 6.04 Å². The van der Waals surface area contributed by atoms with Crippen LogP contribution in [0.5, 0.6) is 0 Å². The van der Waals surface area contributed by atoms with Crippen molar-refractivity contribution in [1.29, 1.82) is 0 Å². The third-order valence-electron chi connectivity index (χ3n) is 3.64. The van der Waals surface area contributed by atoms with Crippen LogP contribution in [0, 0.1) is 6.92 Å². The summed E-state index contributed by atoms with van der Waals surface area (Å²) in [5, 5.41) is 7.76. The van der Waals surface area contributed by atoms with Crippen LogP contribution in [0.2, 0.25) is 0 Å². The number of ether oxygens (including phenoxy) is 1. The van der Waals surface area contributed by atoms with Crippen molar-refractivity contribution in [2.75, 3.05) is 6.61 Å². The molecule has 1 unspecified atom stereocenters. The predicted molar refractivity (Wildman–Crippen MR) is 72.7 cm³/mol. The highest BCUT2D eigenvalue weighted by atomic mass is 16.5. The zero-order valence-corrected chi connectivity index (χ0v) is 12.0. The number of aryl methyl sites for hydroxylation is 2. The Morgan fingerprint density at radius 1 is 1.58 bits per heavy atom. The summed E-state index contributed by atoms with van der Waals surface area (Å²) in [4.78, 5) is 12.2. The van der Waals surface area contributed by atoms with E-state index in [0.29, 0.717) is 12.6 Å². The van der Waals surface area contributed by atoms with Gasteiger partial charge >= 0.3 is 5.97 Å². The van der Waals surface area contributed by atoms with Gasteiger partial charge in [0.05, 0.1) is 12.3 Å². The molecule has 2 rings (SSSR count). The Morgan fingerprint density at radius 2 is 2.26 bits per heavy atom. The van der Waals surface area contributed by atoms with E-state index in [9.17, 15) is 4.79 Å². The molecule has 0 amide bonds. The minimum atomic E-state index is -0.392. The lowest BCUT2D eigenvalue weighted by Crippen LogP contribution is -2.36. The van der Waals surface area contributed by atoms with Gasteiger partial charge in [-0.25, -0.2) is 4.79 Å². The Balaban J connectivity index is 2.17. The molecular weight excluding hydrogens is 242 g/mol. The van der Waals surface area contributed by atoms with Crippen LogP contribution < -0.4 is 5.32 Å². The lowest BCUT2D eigenvalue weighted by molar-refractivity contribution is -0.146. The largest absolute Gasteiger partial charge is 0.465 e. The maximum Gasteiger partial charge on any atom is 0.327 e. The zero-order chi connectivity index (χ0) is 13.8. The number of rotatable bonds is 5. The van der Waals surface area contributed by atoms with Crippen LogP contribution in [0.15, 0.2) is 6.20 Å². The van der Waals surface area contributed by atoms with Crippen molar-refractivity contribution in [3.8, 4) is 0 Å². The van der Waals surface area contributed by atoms with Crippen LogP contribution in [0.4, 0.5) is 0 Å². The summed E-state index contributed by atoms with van der Waals surface area (Å²) in [6.07, 6.45) is 6.64. The number of nitrogens with one attached hydrogen (secondary N) is 1. The third-order valence-corrected chi connectivity index (χ3v) is 3.64. The van der Waals surface area contributed by atoms with Crippen molar-refractivity contribution >= 4 is 5.97 Å². The first-order chi connectivity index (χ1) is 9.11. The molecule has 1 aromatic heterocycles. The molecular formula is C14H23N3O2. The highest BCUT2D eigenvalue weighted by Crippen LogP contribution is 2.24. The van der Waals surface area contributed by atoms with Gasteiger partial charge in [-0.05, 0) is 26.7 Å². The quantitative estimate of drug-likeness (QED) is 0.826. The molecule has 1 N–H and O–H groups in total. The number of aromatic nitrogens is 2. The molecule has 106 valence electrons. The van der Waals surface area contributed by atoms with E-state index in [0.717, 1.165) is 24.1 Å². The molecule has 5 nitrogen and oxygen atoms in total. The lowest BCUT2D eigenvalue weighted by Gasteiger charge is -2.21. The third kappa shape index (κ3) is 3.35. The van der Waals surface area contributed by atoms with E-state index < -0.39 is 6.04 Å². The van der Waals surface area contributed by atoms with Gasteiger partial charge in [0, 0.05) is 24.8 Å².